The van der Waals surface area contributed by atoms with Crippen LogP contribution in [0.4, 0.5) is 4.39 Å². The van der Waals surface area contributed by atoms with Gasteiger partial charge < -0.3 is 10.4 Å². The van der Waals surface area contributed by atoms with Crippen LogP contribution in [-0.2, 0) is 7.05 Å². The summed E-state index contributed by atoms with van der Waals surface area (Å²) >= 11 is 0. The van der Waals surface area contributed by atoms with Crippen LogP contribution in [0.2, 0.25) is 0 Å². The van der Waals surface area contributed by atoms with Crippen LogP contribution in [0.5, 0.6) is 0 Å². The van der Waals surface area contributed by atoms with E-state index in [4.69, 9.17) is 0 Å². The summed E-state index contributed by atoms with van der Waals surface area (Å²) in [6.45, 7) is -0.343. The van der Waals surface area contributed by atoms with Crippen LogP contribution < -0.4 is 5.32 Å². The number of pyridine rings is 1. The second-order valence-corrected chi connectivity index (χ2v) is 5.54. The van der Waals surface area contributed by atoms with E-state index in [2.05, 4.69) is 15.4 Å². The van der Waals surface area contributed by atoms with Crippen LogP contribution in [0.25, 0.3) is 11.3 Å². The molecule has 0 spiro atoms. The van der Waals surface area contributed by atoms with Gasteiger partial charge in [0, 0.05) is 25.0 Å². The fourth-order valence-electron chi connectivity index (χ4n) is 2.53. The van der Waals surface area contributed by atoms with E-state index < -0.39 is 17.8 Å². The molecule has 25 heavy (non-hydrogen) atoms. The number of aliphatic hydroxyl groups is 1. The van der Waals surface area contributed by atoms with Gasteiger partial charge in [-0.15, -0.1) is 0 Å². The van der Waals surface area contributed by atoms with Crippen molar-refractivity contribution in [2.24, 2.45) is 7.05 Å². The molecule has 0 aliphatic carbocycles. The molecule has 0 aliphatic heterocycles. The van der Waals surface area contributed by atoms with Gasteiger partial charge in [-0.3, -0.25) is 14.5 Å². The molecule has 0 saturated carbocycles. The van der Waals surface area contributed by atoms with E-state index in [9.17, 15) is 14.3 Å². The van der Waals surface area contributed by atoms with E-state index in [1.54, 1.807) is 43.7 Å². The lowest BCUT2D eigenvalue weighted by molar-refractivity contribution is 0.0906. The summed E-state index contributed by atoms with van der Waals surface area (Å²) in [5.74, 6) is -0.829. The molecule has 2 N–H and O–H groups in total. The first-order chi connectivity index (χ1) is 12.1. The predicted molar refractivity (Wildman–Crippen MR) is 90.1 cm³/mol. The molecule has 0 fully saturated rings. The van der Waals surface area contributed by atoms with Gasteiger partial charge in [0.1, 0.15) is 11.5 Å². The zero-order valence-corrected chi connectivity index (χ0v) is 13.6. The molecular weight excluding hydrogens is 323 g/mol. The molecule has 1 unspecified atom stereocenters. The molecular formula is C18H17FN4O2. The Balaban J connectivity index is 1.82. The Bertz CT molecular complexity index is 880. The van der Waals surface area contributed by atoms with Gasteiger partial charge in [-0.1, -0.05) is 12.1 Å². The summed E-state index contributed by atoms with van der Waals surface area (Å²) in [6.07, 6.45) is 3.30. The number of aryl methyl sites for hydroxylation is 1. The number of aliphatic hydroxyl groups excluding tert-OH is 1. The lowest BCUT2D eigenvalue weighted by Crippen LogP contribution is -2.32. The maximum absolute atomic E-state index is 13.4. The highest BCUT2D eigenvalue weighted by molar-refractivity contribution is 5.94. The van der Waals surface area contributed by atoms with Gasteiger partial charge >= 0.3 is 0 Å². The standard InChI is InChI=1S/C18H17FN4O2/c1-23-17(10-15(22-23)12-5-7-20-8-6-12)18(25)21-16(11-24)13-3-2-4-14(19)9-13/h2-10,16,24H,11H2,1H3,(H,21,25). The van der Waals surface area contributed by atoms with E-state index in [1.165, 1.54) is 22.9 Å². The number of aromatic nitrogens is 3. The number of carbonyl (C=O) groups is 1. The van der Waals surface area contributed by atoms with E-state index in [1.807, 2.05) is 0 Å². The Labute approximate surface area is 144 Å². The maximum Gasteiger partial charge on any atom is 0.270 e. The van der Waals surface area contributed by atoms with Gasteiger partial charge in [-0.05, 0) is 35.9 Å². The number of nitrogens with one attached hydrogen (secondary N) is 1. The minimum atomic E-state index is -0.706. The van der Waals surface area contributed by atoms with E-state index >= 15 is 0 Å². The molecule has 7 heteroatoms. The normalized spacial score (nSPS) is 12.0. The second-order valence-electron chi connectivity index (χ2n) is 5.54. The number of carbonyl (C=O) groups excluding carboxylic acids is 1. The monoisotopic (exact) mass is 340 g/mol. The van der Waals surface area contributed by atoms with Crippen molar-refractivity contribution in [2.75, 3.05) is 6.61 Å². The van der Waals surface area contributed by atoms with E-state index in [-0.39, 0.29) is 6.61 Å². The predicted octanol–water partition coefficient (Wildman–Crippen LogP) is 2.08. The smallest absolute Gasteiger partial charge is 0.270 e. The van der Waals surface area contributed by atoms with Crippen molar-refractivity contribution in [3.05, 3.63) is 71.9 Å². The number of hydrogen-bond acceptors (Lipinski definition) is 4. The third kappa shape index (κ3) is 3.72. The molecule has 6 nitrogen and oxygen atoms in total. The van der Waals surface area contributed by atoms with Crippen molar-refractivity contribution in [3.8, 4) is 11.3 Å². The highest BCUT2D eigenvalue weighted by Gasteiger charge is 2.19. The van der Waals surface area contributed by atoms with Crippen LogP contribution in [0.15, 0.2) is 54.9 Å². The van der Waals surface area contributed by atoms with Crippen LogP contribution in [0, 0.1) is 5.82 Å². The van der Waals surface area contributed by atoms with Crippen LogP contribution in [-0.4, -0.2) is 32.4 Å². The van der Waals surface area contributed by atoms with Crippen molar-refractivity contribution in [1.29, 1.82) is 0 Å². The lowest BCUT2D eigenvalue weighted by atomic mass is 10.1. The summed E-state index contributed by atoms with van der Waals surface area (Å²) in [6, 6.07) is 10.3. The molecule has 0 saturated heterocycles. The van der Waals surface area contributed by atoms with Crippen LogP contribution in [0.3, 0.4) is 0 Å². The van der Waals surface area contributed by atoms with Crippen molar-refractivity contribution in [1.82, 2.24) is 20.1 Å². The first-order valence-corrected chi connectivity index (χ1v) is 7.70. The summed E-state index contributed by atoms with van der Waals surface area (Å²) in [4.78, 5) is 16.5. The van der Waals surface area contributed by atoms with Crippen LogP contribution >= 0.6 is 0 Å². The van der Waals surface area contributed by atoms with E-state index in [0.29, 0.717) is 17.0 Å². The summed E-state index contributed by atoms with van der Waals surface area (Å²) in [7, 11) is 1.66. The van der Waals surface area contributed by atoms with Gasteiger partial charge in [-0.2, -0.15) is 5.10 Å². The molecule has 0 radical (unpaired) electrons. The van der Waals surface area contributed by atoms with Crippen LogP contribution in [0.1, 0.15) is 22.1 Å². The lowest BCUT2D eigenvalue weighted by Gasteiger charge is -2.16. The number of hydrogen-bond donors (Lipinski definition) is 2. The second kappa shape index (κ2) is 7.23. The SMILES string of the molecule is Cn1nc(-c2ccncc2)cc1C(=O)NC(CO)c1cccc(F)c1. The Kier molecular flexibility index (Phi) is 4.85. The molecule has 128 valence electrons. The zero-order chi connectivity index (χ0) is 17.8. The third-order valence-corrected chi connectivity index (χ3v) is 3.83. The fourth-order valence-corrected chi connectivity index (χ4v) is 2.53. The Morgan fingerprint density at radius 2 is 2.04 bits per heavy atom. The van der Waals surface area contributed by atoms with Gasteiger partial charge in [0.2, 0.25) is 0 Å². The first-order valence-electron chi connectivity index (χ1n) is 7.70. The summed E-state index contributed by atoms with van der Waals surface area (Å²) in [5, 5.41) is 16.6. The quantitative estimate of drug-likeness (QED) is 0.745. The van der Waals surface area contributed by atoms with Gasteiger partial charge in [0.25, 0.3) is 5.91 Å². The average molecular weight is 340 g/mol. The van der Waals surface area contributed by atoms with Crippen molar-refractivity contribution in [2.45, 2.75) is 6.04 Å². The fraction of sp³-hybridized carbons (Fsp3) is 0.167. The largest absolute Gasteiger partial charge is 0.394 e. The third-order valence-electron chi connectivity index (χ3n) is 3.83. The number of rotatable bonds is 5. The van der Waals surface area contributed by atoms with Crippen molar-refractivity contribution >= 4 is 5.91 Å². The number of amides is 1. The number of benzene rings is 1. The Morgan fingerprint density at radius 1 is 1.28 bits per heavy atom. The minimum Gasteiger partial charge on any atom is -0.394 e. The first kappa shape index (κ1) is 16.8. The van der Waals surface area contributed by atoms with Gasteiger partial charge in [0.15, 0.2) is 0 Å². The molecule has 1 amide bonds. The number of nitrogens with zero attached hydrogens (tertiary/aromatic N) is 3. The van der Waals surface area contributed by atoms with Crippen molar-refractivity contribution < 1.29 is 14.3 Å². The van der Waals surface area contributed by atoms with E-state index in [0.717, 1.165) is 5.56 Å². The Morgan fingerprint density at radius 3 is 2.72 bits per heavy atom. The topological polar surface area (TPSA) is 80.0 Å². The molecule has 0 bridgehead atoms. The molecule has 1 aromatic carbocycles. The molecule has 1 atom stereocenters. The maximum atomic E-state index is 13.4. The van der Waals surface area contributed by atoms with Gasteiger partial charge in [-0.25, -0.2) is 4.39 Å². The molecule has 3 aromatic rings. The Hall–Kier alpha value is -3.06. The highest BCUT2D eigenvalue weighted by Crippen LogP contribution is 2.19. The average Bonchev–Trinajstić information content (AvgIpc) is 3.02. The molecule has 2 aromatic heterocycles. The number of halogens is 1. The molecule has 3 rings (SSSR count). The molecule has 0 aliphatic rings. The summed E-state index contributed by atoms with van der Waals surface area (Å²) in [5.41, 5.74) is 2.31. The summed E-state index contributed by atoms with van der Waals surface area (Å²) < 4.78 is 14.8. The minimum absolute atomic E-state index is 0.335. The molecule has 2 heterocycles. The zero-order valence-electron chi connectivity index (χ0n) is 13.6. The highest BCUT2D eigenvalue weighted by atomic mass is 19.1. The van der Waals surface area contributed by atoms with Crippen molar-refractivity contribution in [3.63, 3.8) is 0 Å². The van der Waals surface area contributed by atoms with Gasteiger partial charge in [0.05, 0.1) is 18.3 Å².